The van der Waals surface area contributed by atoms with Crippen LogP contribution in [0.2, 0.25) is 0 Å². The number of hydrogen-bond acceptors (Lipinski definition) is 5. The predicted octanol–water partition coefficient (Wildman–Crippen LogP) is 3.69. The maximum absolute atomic E-state index is 13.2. The van der Waals surface area contributed by atoms with Crippen LogP contribution in [0.1, 0.15) is 0 Å². The van der Waals surface area contributed by atoms with Crippen molar-refractivity contribution in [1.82, 2.24) is 14.5 Å². The SMILES string of the molecule is C=CCN(CC=C)C(=O)CSc1nc2ccccc2c(=O)n1-c1ccc(OC)cc1. The molecule has 0 saturated heterocycles. The summed E-state index contributed by atoms with van der Waals surface area (Å²) in [6.07, 6.45) is 3.35. The fraction of sp³-hybridized carbons (Fsp3) is 0.174. The van der Waals surface area contributed by atoms with Crippen molar-refractivity contribution in [3.8, 4) is 11.4 Å². The molecule has 0 aliphatic rings. The third-order valence-corrected chi connectivity index (χ3v) is 5.38. The van der Waals surface area contributed by atoms with Crippen LogP contribution in [0.4, 0.5) is 0 Å². The van der Waals surface area contributed by atoms with Crippen LogP contribution in [0.3, 0.4) is 0 Å². The van der Waals surface area contributed by atoms with Crippen LogP contribution in [-0.2, 0) is 4.79 Å². The molecule has 154 valence electrons. The van der Waals surface area contributed by atoms with Crippen molar-refractivity contribution in [1.29, 1.82) is 0 Å². The molecule has 0 fully saturated rings. The molecule has 0 atom stereocenters. The van der Waals surface area contributed by atoms with Crippen molar-refractivity contribution in [3.05, 3.63) is 84.2 Å². The fourth-order valence-corrected chi connectivity index (χ4v) is 3.89. The highest BCUT2D eigenvalue weighted by molar-refractivity contribution is 7.99. The summed E-state index contributed by atoms with van der Waals surface area (Å²) in [6, 6.07) is 14.3. The molecule has 2 aromatic carbocycles. The van der Waals surface area contributed by atoms with Crippen molar-refractivity contribution in [3.63, 3.8) is 0 Å². The summed E-state index contributed by atoms with van der Waals surface area (Å²) in [5.74, 6) is 0.751. The van der Waals surface area contributed by atoms with Crippen molar-refractivity contribution in [2.75, 3.05) is 26.0 Å². The number of thioether (sulfide) groups is 1. The van der Waals surface area contributed by atoms with Gasteiger partial charge in [-0.1, -0.05) is 36.0 Å². The normalized spacial score (nSPS) is 10.6. The zero-order valence-electron chi connectivity index (χ0n) is 16.8. The number of para-hydroxylation sites is 1. The molecule has 1 aromatic heterocycles. The molecule has 6 nitrogen and oxygen atoms in total. The van der Waals surface area contributed by atoms with Gasteiger partial charge >= 0.3 is 0 Å². The van der Waals surface area contributed by atoms with Crippen LogP contribution in [-0.4, -0.2) is 46.3 Å². The molecule has 0 spiro atoms. The van der Waals surface area contributed by atoms with Gasteiger partial charge in [0.2, 0.25) is 5.91 Å². The van der Waals surface area contributed by atoms with E-state index < -0.39 is 0 Å². The summed E-state index contributed by atoms with van der Waals surface area (Å²) in [5.41, 5.74) is 1.06. The van der Waals surface area contributed by atoms with E-state index in [1.165, 1.54) is 16.3 Å². The predicted molar refractivity (Wildman–Crippen MR) is 122 cm³/mol. The zero-order valence-corrected chi connectivity index (χ0v) is 17.6. The Labute approximate surface area is 179 Å². The van der Waals surface area contributed by atoms with Crippen LogP contribution >= 0.6 is 11.8 Å². The second kappa shape index (κ2) is 9.93. The average molecular weight is 422 g/mol. The molecule has 30 heavy (non-hydrogen) atoms. The van der Waals surface area contributed by atoms with E-state index in [-0.39, 0.29) is 17.2 Å². The van der Waals surface area contributed by atoms with Crippen LogP contribution in [0.5, 0.6) is 5.75 Å². The molecule has 0 unspecified atom stereocenters. The van der Waals surface area contributed by atoms with Gasteiger partial charge in [0.15, 0.2) is 5.16 Å². The Morgan fingerprint density at radius 1 is 1.13 bits per heavy atom. The summed E-state index contributed by atoms with van der Waals surface area (Å²) in [6.45, 7) is 8.25. The molecule has 7 heteroatoms. The maximum Gasteiger partial charge on any atom is 0.266 e. The third-order valence-electron chi connectivity index (χ3n) is 4.45. The fourth-order valence-electron chi connectivity index (χ4n) is 2.98. The number of amides is 1. The van der Waals surface area contributed by atoms with Crippen LogP contribution in [0.15, 0.2) is 83.8 Å². The van der Waals surface area contributed by atoms with Gasteiger partial charge in [-0.25, -0.2) is 4.98 Å². The molecular weight excluding hydrogens is 398 g/mol. The third kappa shape index (κ3) is 4.63. The van der Waals surface area contributed by atoms with Gasteiger partial charge < -0.3 is 9.64 Å². The summed E-state index contributed by atoms with van der Waals surface area (Å²) >= 11 is 1.23. The Hall–Kier alpha value is -3.32. The van der Waals surface area contributed by atoms with E-state index in [4.69, 9.17) is 4.74 Å². The minimum absolute atomic E-state index is 0.0801. The first-order valence-electron chi connectivity index (χ1n) is 9.37. The van der Waals surface area contributed by atoms with E-state index in [9.17, 15) is 9.59 Å². The molecule has 0 radical (unpaired) electrons. The molecule has 3 rings (SSSR count). The standard InChI is InChI=1S/C23H23N3O3S/c1-4-14-25(15-5-2)21(27)16-30-23-24-20-9-7-6-8-19(20)22(28)26(23)17-10-12-18(29-3)13-11-17/h4-13H,1-2,14-16H2,3H3. The lowest BCUT2D eigenvalue weighted by Crippen LogP contribution is -2.33. The Kier molecular flexibility index (Phi) is 7.08. The highest BCUT2D eigenvalue weighted by atomic mass is 32.2. The second-order valence-electron chi connectivity index (χ2n) is 6.41. The minimum Gasteiger partial charge on any atom is -0.497 e. The number of methoxy groups -OCH3 is 1. The Balaban J connectivity index is 2.01. The van der Waals surface area contributed by atoms with Gasteiger partial charge in [-0.05, 0) is 36.4 Å². The molecule has 1 amide bonds. The number of aromatic nitrogens is 2. The van der Waals surface area contributed by atoms with Gasteiger partial charge in [-0.15, -0.1) is 13.2 Å². The zero-order chi connectivity index (χ0) is 21.5. The Morgan fingerprint density at radius 2 is 1.80 bits per heavy atom. The molecule has 0 aliphatic heterocycles. The quantitative estimate of drug-likeness (QED) is 0.300. The number of nitrogens with zero attached hydrogens (tertiary/aromatic N) is 3. The van der Waals surface area contributed by atoms with Crippen LogP contribution in [0, 0.1) is 0 Å². The van der Waals surface area contributed by atoms with E-state index in [2.05, 4.69) is 18.1 Å². The summed E-state index contributed by atoms with van der Waals surface area (Å²) in [5, 5.41) is 0.971. The van der Waals surface area contributed by atoms with Crippen molar-refractivity contribution in [2.24, 2.45) is 0 Å². The largest absolute Gasteiger partial charge is 0.497 e. The highest BCUT2D eigenvalue weighted by Crippen LogP contribution is 2.23. The summed E-state index contributed by atoms with van der Waals surface area (Å²) in [7, 11) is 1.59. The average Bonchev–Trinajstić information content (AvgIpc) is 2.77. The first-order valence-corrected chi connectivity index (χ1v) is 10.4. The van der Waals surface area contributed by atoms with E-state index in [0.29, 0.717) is 40.6 Å². The van der Waals surface area contributed by atoms with Gasteiger partial charge in [-0.2, -0.15) is 0 Å². The number of carbonyl (C=O) groups is 1. The molecule has 3 aromatic rings. The van der Waals surface area contributed by atoms with Gasteiger partial charge in [0.25, 0.3) is 5.56 Å². The van der Waals surface area contributed by atoms with E-state index in [1.807, 2.05) is 12.1 Å². The van der Waals surface area contributed by atoms with Gasteiger partial charge in [0.1, 0.15) is 5.75 Å². The lowest BCUT2D eigenvalue weighted by atomic mass is 10.2. The number of fused-ring (bicyclic) bond motifs is 1. The van der Waals surface area contributed by atoms with Crippen molar-refractivity contribution >= 4 is 28.6 Å². The summed E-state index contributed by atoms with van der Waals surface area (Å²) < 4.78 is 6.75. The molecule has 0 bridgehead atoms. The Bertz CT molecular complexity index is 1110. The molecule has 1 heterocycles. The topological polar surface area (TPSA) is 64.4 Å². The second-order valence-corrected chi connectivity index (χ2v) is 7.36. The first-order chi connectivity index (χ1) is 14.6. The van der Waals surface area contributed by atoms with Crippen molar-refractivity contribution in [2.45, 2.75) is 5.16 Å². The Morgan fingerprint density at radius 3 is 2.43 bits per heavy atom. The smallest absolute Gasteiger partial charge is 0.266 e. The number of rotatable bonds is 9. The van der Waals surface area contributed by atoms with E-state index in [1.54, 1.807) is 60.6 Å². The van der Waals surface area contributed by atoms with E-state index in [0.717, 1.165) is 0 Å². The number of benzene rings is 2. The number of ether oxygens (including phenoxy) is 1. The van der Waals surface area contributed by atoms with Crippen molar-refractivity contribution < 1.29 is 9.53 Å². The maximum atomic E-state index is 13.2. The van der Waals surface area contributed by atoms with Gasteiger partial charge in [-0.3, -0.25) is 14.2 Å². The van der Waals surface area contributed by atoms with E-state index >= 15 is 0 Å². The molecule has 0 aliphatic carbocycles. The number of hydrogen-bond donors (Lipinski definition) is 0. The molecule has 0 N–H and O–H groups in total. The lowest BCUT2D eigenvalue weighted by Gasteiger charge is -2.19. The monoisotopic (exact) mass is 421 g/mol. The highest BCUT2D eigenvalue weighted by Gasteiger charge is 2.17. The lowest BCUT2D eigenvalue weighted by molar-refractivity contribution is -0.127. The van der Waals surface area contributed by atoms with Crippen LogP contribution in [0.25, 0.3) is 16.6 Å². The summed E-state index contributed by atoms with van der Waals surface area (Å²) in [4.78, 5) is 32.2. The van der Waals surface area contributed by atoms with Gasteiger partial charge in [0.05, 0.1) is 29.5 Å². The molecular formula is C23H23N3O3S. The number of carbonyl (C=O) groups excluding carboxylic acids is 1. The van der Waals surface area contributed by atoms with Gasteiger partial charge in [0, 0.05) is 13.1 Å². The minimum atomic E-state index is -0.185. The first kappa shape index (κ1) is 21.4. The molecule has 0 saturated carbocycles. The van der Waals surface area contributed by atoms with Crippen LogP contribution < -0.4 is 10.3 Å².